The molecule has 0 aliphatic rings. The standard InChI is InChI=1S/C11H19N3.C9H11N3/c1-13(2)8-9-14(3)11-6-4-10(12)5-7-11;1-11-7-5-3-4-6-8(7)12(2)9(11)10/h4-7H,8-9,12H2,1-3H3;3-6,10H,1-2H3/p+1. The van der Waals surface area contributed by atoms with E-state index in [4.69, 9.17) is 11.5 Å². The monoisotopic (exact) mass is 355 g/mol. The normalized spacial score (nSPS) is 10.7. The maximum Gasteiger partial charge on any atom is 0.355 e. The zero-order valence-electron chi connectivity index (χ0n) is 16.5. The van der Waals surface area contributed by atoms with Gasteiger partial charge in [0.05, 0.1) is 14.1 Å². The number of para-hydroxylation sites is 2. The Bertz CT molecular complexity index is 796. The summed E-state index contributed by atoms with van der Waals surface area (Å²) in [4.78, 5) is 4.40. The Morgan fingerprint density at radius 1 is 0.923 bits per heavy atom. The second kappa shape index (κ2) is 8.58. The molecule has 0 unspecified atom stereocenters. The van der Waals surface area contributed by atoms with Gasteiger partial charge in [-0.25, -0.2) is 9.13 Å². The number of hydrogen-bond donors (Lipinski definition) is 2. The molecule has 0 atom stereocenters. The number of benzene rings is 2. The fraction of sp³-hybridized carbons (Fsp3) is 0.350. The van der Waals surface area contributed by atoms with Gasteiger partial charge in [-0.2, -0.15) is 0 Å². The minimum absolute atomic E-state index is 0.774. The summed E-state index contributed by atoms with van der Waals surface area (Å²) >= 11 is 0. The minimum atomic E-state index is 0.774. The van der Waals surface area contributed by atoms with Crippen molar-refractivity contribution in [3.63, 3.8) is 0 Å². The van der Waals surface area contributed by atoms with E-state index in [9.17, 15) is 0 Å². The summed E-state index contributed by atoms with van der Waals surface area (Å²) in [6.45, 7) is 2.08. The smallest absolute Gasteiger partial charge is 0.355 e. The van der Waals surface area contributed by atoms with E-state index >= 15 is 0 Å². The molecule has 6 heteroatoms. The van der Waals surface area contributed by atoms with Crippen molar-refractivity contribution in [2.24, 2.45) is 14.1 Å². The Labute approximate surface area is 156 Å². The Hall–Kier alpha value is -2.73. The maximum atomic E-state index is 5.84. The number of nitrogens with zero attached hydrogens (tertiary/aromatic N) is 4. The molecule has 4 N–H and O–H groups in total. The van der Waals surface area contributed by atoms with Gasteiger partial charge in [-0.05, 0) is 50.5 Å². The van der Waals surface area contributed by atoms with Crippen molar-refractivity contribution < 1.29 is 4.57 Å². The summed E-state index contributed by atoms with van der Waals surface area (Å²) < 4.78 is 3.96. The molecular formula is C20H31N6+. The average molecular weight is 356 g/mol. The first-order valence-electron chi connectivity index (χ1n) is 8.71. The van der Waals surface area contributed by atoms with Crippen molar-refractivity contribution in [1.82, 2.24) is 9.47 Å². The van der Waals surface area contributed by atoms with Crippen molar-refractivity contribution in [3.05, 3.63) is 48.5 Å². The van der Waals surface area contributed by atoms with Crippen molar-refractivity contribution >= 4 is 28.4 Å². The molecule has 0 bridgehead atoms. The fourth-order valence-electron chi connectivity index (χ4n) is 2.71. The van der Waals surface area contributed by atoms with Crippen molar-refractivity contribution in [1.29, 1.82) is 0 Å². The second-order valence-corrected chi connectivity index (χ2v) is 6.78. The van der Waals surface area contributed by atoms with E-state index in [1.807, 2.05) is 59.6 Å². The molecular weight excluding hydrogens is 324 g/mol. The molecule has 0 saturated heterocycles. The molecule has 0 fully saturated rings. The molecule has 3 rings (SSSR count). The van der Waals surface area contributed by atoms with Crippen LogP contribution in [0.15, 0.2) is 48.5 Å². The molecule has 6 nitrogen and oxygen atoms in total. The zero-order chi connectivity index (χ0) is 19.3. The number of anilines is 3. The topological polar surface area (TPSA) is 67.3 Å². The van der Waals surface area contributed by atoms with Gasteiger partial charge in [-0.3, -0.25) is 5.73 Å². The number of imidazole rings is 1. The van der Waals surface area contributed by atoms with Crippen molar-refractivity contribution in [2.45, 2.75) is 0 Å². The molecule has 0 aliphatic carbocycles. The predicted molar refractivity (Wildman–Crippen MR) is 111 cm³/mol. The van der Waals surface area contributed by atoms with Gasteiger partial charge in [-0.15, -0.1) is 0 Å². The van der Waals surface area contributed by atoms with Crippen LogP contribution in [0.5, 0.6) is 0 Å². The van der Waals surface area contributed by atoms with Gasteiger partial charge in [0.1, 0.15) is 11.0 Å². The van der Waals surface area contributed by atoms with Crippen molar-refractivity contribution in [3.8, 4) is 0 Å². The first-order chi connectivity index (χ1) is 12.3. The third-order valence-corrected chi connectivity index (χ3v) is 4.51. The highest BCUT2D eigenvalue weighted by Gasteiger charge is 2.13. The molecule has 0 radical (unpaired) electrons. The van der Waals surface area contributed by atoms with Crippen LogP contribution in [0.3, 0.4) is 0 Å². The van der Waals surface area contributed by atoms with Crippen molar-refractivity contribution in [2.75, 3.05) is 50.6 Å². The van der Waals surface area contributed by atoms with E-state index in [2.05, 4.69) is 43.1 Å². The molecule has 3 aromatic rings. The van der Waals surface area contributed by atoms with E-state index in [0.717, 1.165) is 35.8 Å². The second-order valence-electron chi connectivity index (χ2n) is 6.78. The Kier molecular flexibility index (Phi) is 6.46. The minimum Gasteiger partial charge on any atom is -0.399 e. The van der Waals surface area contributed by atoms with Crippen LogP contribution < -0.4 is 20.9 Å². The Morgan fingerprint density at radius 2 is 1.54 bits per heavy atom. The Balaban J connectivity index is 0.000000189. The predicted octanol–water partition coefficient (Wildman–Crippen LogP) is 1.85. The first kappa shape index (κ1) is 19.6. The van der Waals surface area contributed by atoms with Crippen LogP contribution in [0.2, 0.25) is 0 Å². The van der Waals surface area contributed by atoms with E-state index in [0.29, 0.717) is 0 Å². The van der Waals surface area contributed by atoms with Gasteiger partial charge in [0.15, 0.2) is 0 Å². The number of hydrogen-bond acceptors (Lipinski definition) is 4. The summed E-state index contributed by atoms with van der Waals surface area (Å²) in [5.74, 6) is 0.774. The molecule has 1 aromatic heterocycles. The molecule has 0 amide bonds. The summed E-state index contributed by atoms with van der Waals surface area (Å²) in [5.41, 5.74) is 15.8. The Morgan fingerprint density at radius 3 is 2.12 bits per heavy atom. The number of aryl methyl sites for hydroxylation is 2. The third kappa shape index (κ3) is 4.67. The average Bonchev–Trinajstić information content (AvgIpc) is 2.86. The fourth-order valence-corrected chi connectivity index (χ4v) is 2.71. The van der Waals surface area contributed by atoms with Gasteiger partial charge < -0.3 is 15.5 Å². The van der Waals surface area contributed by atoms with Crippen LogP contribution >= 0.6 is 0 Å². The van der Waals surface area contributed by atoms with Gasteiger partial charge in [0, 0.05) is 31.5 Å². The van der Waals surface area contributed by atoms with Gasteiger partial charge in [-0.1, -0.05) is 12.1 Å². The summed E-state index contributed by atoms with van der Waals surface area (Å²) in [6.07, 6.45) is 0. The molecule has 1 heterocycles. The molecule has 0 aliphatic heterocycles. The highest BCUT2D eigenvalue weighted by atomic mass is 15.2. The molecule has 140 valence electrons. The summed E-state index contributed by atoms with van der Waals surface area (Å²) in [5, 5.41) is 0. The highest BCUT2D eigenvalue weighted by molar-refractivity contribution is 5.73. The number of likely N-dealkylation sites (N-methyl/N-ethyl adjacent to an activating group) is 2. The van der Waals surface area contributed by atoms with Gasteiger partial charge in [0.2, 0.25) is 0 Å². The maximum absolute atomic E-state index is 5.84. The molecule has 26 heavy (non-hydrogen) atoms. The van der Waals surface area contributed by atoms with E-state index in [1.165, 1.54) is 5.69 Å². The van der Waals surface area contributed by atoms with Crippen LogP contribution in [-0.4, -0.2) is 43.7 Å². The lowest BCUT2D eigenvalue weighted by Gasteiger charge is -2.21. The lowest BCUT2D eigenvalue weighted by molar-refractivity contribution is -0.630. The summed E-state index contributed by atoms with van der Waals surface area (Å²) in [6, 6.07) is 16.1. The zero-order valence-corrected chi connectivity index (χ0v) is 16.5. The SMILES string of the molecule is CN(C)CCN(C)c1ccc(N)cc1.Cn1c(N)[n+](C)c2ccccc21. The van der Waals surface area contributed by atoms with Crippen LogP contribution in [0.25, 0.3) is 11.0 Å². The number of fused-ring (bicyclic) bond motifs is 1. The van der Waals surface area contributed by atoms with Crippen LogP contribution in [0.1, 0.15) is 0 Å². The summed E-state index contributed by atoms with van der Waals surface area (Å²) in [7, 11) is 10.2. The number of aromatic nitrogens is 2. The molecule has 2 aromatic carbocycles. The van der Waals surface area contributed by atoms with Gasteiger partial charge >= 0.3 is 5.95 Å². The molecule has 0 spiro atoms. The first-order valence-corrected chi connectivity index (χ1v) is 8.71. The third-order valence-electron chi connectivity index (χ3n) is 4.51. The highest BCUT2D eigenvalue weighted by Crippen LogP contribution is 2.14. The van der Waals surface area contributed by atoms with E-state index in [1.54, 1.807) is 0 Å². The van der Waals surface area contributed by atoms with Gasteiger partial charge in [0.25, 0.3) is 0 Å². The number of rotatable bonds is 4. The largest absolute Gasteiger partial charge is 0.399 e. The van der Waals surface area contributed by atoms with E-state index in [-0.39, 0.29) is 0 Å². The van der Waals surface area contributed by atoms with Crippen LogP contribution in [-0.2, 0) is 14.1 Å². The van der Waals surface area contributed by atoms with E-state index < -0.39 is 0 Å². The number of nitrogens with two attached hydrogens (primary N) is 2. The van der Waals surface area contributed by atoms with Crippen LogP contribution in [0.4, 0.5) is 17.3 Å². The molecule has 0 saturated carbocycles. The lowest BCUT2D eigenvalue weighted by atomic mass is 10.2. The quantitative estimate of drug-likeness (QED) is 0.554. The lowest BCUT2D eigenvalue weighted by Crippen LogP contribution is -2.31. The van der Waals surface area contributed by atoms with Crippen LogP contribution in [0, 0.1) is 0 Å². The number of nitrogen functional groups attached to an aromatic ring is 2.